The Kier molecular flexibility index (Phi) is 3.32. The van der Waals surface area contributed by atoms with Crippen LogP contribution in [0.3, 0.4) is 0 Å². The topological polar surface area (TPSA) is 43.6 Å². The molecule has 0 saturated carbocycles. The van der Waals surface area contributed by atoms with E-state index in [1.165, 1.54) is 11.9 Å². The van der Waals surface area contributed by atoms with E-state index in [1.54, 1.807) is 11.0 Å². The summed E-state index contributed by atoms with van der Waals surface area (Å²) < 4.78 is 1.75. The average Bonchev–Trinajstić information content (AvgIpc) is 3.01. The van der Waals surface area contributed by atoms with E-state index >= 15 is 0 Å². The third-order valence-corrected chi connectivity index (χ3v) is 3.02. The zero-order chi connectivity index (χ0) is 12.9. The molecule has 0 bridgehead atoms. The lowest BCUT2D eigenvalue weighted by Gasteiger charge is -2.04. The first-order chi connectivity index (χ1) is 9.42. The summed E-state index contributed by atoms with van der Waals surface area (Å²) in [6, 6.07) is 14.4. The second-order valence-corrected chi connectivity index (χ2v) is 4.33. The molecule has 0 atom stereocenters. The molecule has 0 fully saturated rings. The molecular formula is C15H14N4. The number of benzene rings is 1. The Hall–Kier alpha value is -2.49. The SMILES string of the molecule is c1ccc(CCc2ccc(-n3cncn3)cc2)nc1. The predicted molar refractivity (Wildman–Crippen MR) is 73.0 cm³/mol. The lowest BCUT2D eigenvalue weighted by atomic mass is 10.1. The van der Waals surface area contributed by atoms with Gasteiger partial charge in [0, 0.05) is 11.9 Å². The van der Waals surface area contributed by atoms with E-state index in [-0.39, 0.29) is 0 Å². The fraction of sp³-hybridized carbons (Fsp3) is 0.133. The maximum atomic E-state index is 4.33. The van der Waals surface area contributed by atoms with Crippen LogP contribution in [0.1, 0.15) is 11.3 Å². The quantitative estimate of drug-likeness (QED) is 0.714. The van der Waals surface area contributed by atoms with Crippen LogP contribution in [0.2, 0.25) is 0 Å². The minimum Gasteiger partial charge on any atom is -0.261 e. The highest BCUT2D eigenvalue weighted by Crippen LogP contribution is 2.10. The number of aryl methyl sites for hydroxylation is 2. The minimum atomic E-state index is 0.962. The maximum Gasteiger partial charge on any atom is 0.138 e. The second kappa shape index (κ2) is 5.44. The summed E-state index contributed by atoms with van der Waals surface area (Å²) in [4.78, 5) is 8.27. The summed E-state index contributed by atoms with van der Waals surface area (Å²) in [5.41, 5.74) is 3.46. The number of rotatable bonds is 4. The van der Waals surface area contributed by atoms with Crippen molar-refractivity contribution >= 4 is 0 Å². The van der Waals surface area contributed by atoms with Crippen LogP contribution in [0.25, 0.3) is 5.69 Å². The van der Waals surface area contributed by atoms with Crippen molar-refractivity contribution in [3.05, 3.63) is 72.6 Å². The van der Waals surface area contributed by atoms with Crippen molar-refractivity contribution in [1.82, 2.24) is 19.7 Å². The Morgan fingerprint density at radius 3 is 2.53 bits per heavy atom. The van der Waals surface area contributed by atoms with Gasteiger partial charge in [-0.2, -0.15) is 5.10 Å². The highest BCUT2D eigenvalue weighted by atomic mass is 15.3. The van der Waals surface area contributed by atoms with Gasteiger partial charge in [-0.15, -0.1) is 0 Å². The van der Waals surface area contributed by atoms with Crippen LogP contribution in [0.15, 0.2) is 61.3 Å². The fourth-order valence-electron chi connectivity index (χ4n) is 1.98. The lowest BCUT2D eigenvalue weighted by molar-refractivity contribution is 0.873. The second-order valence-electron chi connectivity index (χ2n) is 4.33. The first kappa shape index (κ1) is 11.6. The Bertz CT molecular complexity index is 615. The summed E-state index contributed by atoms with van der Waals surface area (Å²) in [7, 11) is 0. The molecular weight excluding hydrogens is 236 g/mol. The van der Waals surface area contributed by atoms with Crippen molar-refractivity contribution in [1.29, 1.82) is 0 Å². The lowest BCUT2D eigenvalue weighted by Crippen LogP contribution is -1.96. The monoisotopic (exact) mass is 250 g/mol. The van der Waals surface area contributed by atoms with Crippen LogP contribution < -0.4 is 0 Å². The molecule has 0 radical (unpaired) electrons. The molecule has 3 aromatic rings. The molecule has 0 unspecified atom stereocenters. The normalized spacial score (nSPS) is 10.5. The van der Waals surface area contributed by atoms with Crippen molar-refractivity contribution in [3.8, 4) is 5.69 Å². The van der Waals surface area contributed by atoms with E-state index < -0.39 is 0 Å². The van der Waals surface area contributed by atoms with Crippen LogP contribution in [0.5, 0.6) is 0 Å². The van der Waals surface area contributed by atoms with Crippen LogP contribution >= 0.6 is 0 Å². The van der Waals surface area contributed by atoms with Gasteiger partial charge < -0.3 is 0 Å². The number of nitrogens with zero attached hydrogens (tertiary/aromatic N) is 4. The maximum absolute atomic E-state index is 4.33. The summed E-state index contributed by atoms with van der Waals surface area (Å²) in [5, 5.41) is 4.11. The summed E-state index contributed by atoms with van der Waals surface area (Å²) in [6.45, 7) is 0. The molecule has 1 aromatic carbocycles. The Morgan fingerprint density at radius 1 is 0.947 bits per heavy atom. The highest BCUT2D eigenvalue weighted by Gasteiger charge is 1.99. The van der Waals surface area contributed by atoms with Gasteiger partial charge in [0.15, 0.2) is 0 Å². The summed E-state index contributed by atoms with van der Waals surface area (Å²) in [5.74, 6) is 0. The molecule has 3 rings (SSSR count). The zero-order valence-corrected chi connectivity index (χ0v) is 10.5. The van der Waals surface area contributed by atoms with Gasteiger partial charge in [-0.25, -0.2) is 9.67 Å². The van der Waals surface area contributed by atoms with Gasteiger partial charge in [0.05, 0.1) is 5.69 Å². The van der Waals surface area contributed by atoms with Crippen LogP contribution in [-0.2, 0) is 12.8 Å². The van der Waals surface area contributed by atoms with Gasteiger partial charge in [0.2, 0.25) is 0 Å². The van der Waals surface area contributed by atoms with E-state index in [2.05, 4.69) is 45.4 Å². The number of hydrogen-bond donors (Lipinski definition) is 0. The Balaban J connectivity index is 1.67. The molecule has 2 heterocycles. The predicted octanol–water partition coefficient (Wildman–Crippen LogP) is 2.45. The van der Waals surface area contributed by atoms with Crippen LogP contribution in [-0.4, -0.2) is 19.7 Å². The summed E-state index contributed by atoms with van der Waals surface area (Å²) >= 11 is 0. The first-order valence-corrected chi connectivity index (χ1v) is 6.26. The number of aromatic nitrogens is 4. The minimum absolute atomic E-state index is 0.962. The van der Waals surface area contributed by atoms with Crippen molar-refractivity contribution in [2.24, 2.45) is 0 Å². The molecule has 0 saturated heterocycles. The van der Waals surface area contributed by atoms with Crippen LogP contribution in [0, 0.1) is 0 Å². The van der Waals surface area contributed by atoms with Gasteiger partial charge in [0.1, 0.15) is 12.7 Å². The van der Waals surface area contributed by atoms with Crippen molar-refractivity contribution in [2.45, 2.75) is 12.8 Å². The Labute approximate surface area is 111 Å². The molecule has 0 spiro atoms. The van der Waals surface area contributed by atoms with E-state index in [4.69, 9.17) is 0 Å². The molecule has 2 aromatic heterocycles. The molecule has 94 valence electrons. The smallest absolute Gasteiger partial charge is 0.138 e. The fourth-order valence-corrected chi connectivity index (χ4v) is 1.98. The van der Waals surface area contributed by atoms with E-state index in [0.29, 0.717) is 0 Å². The Morgan fingerprint density at radius 2 is 1.84 bits per heavy atom. The van der Waals surface area contributed by atoms with Gasteiger partial charge in [-0.3, -0.25) is 4.98 Å². The third-order valence-electron chi connectivity index (χ3n) is 3.02. The van der Waals surface area contributed by atoms with Gasteiger partial charge in [-0.1, -0.05) is 18.2 Å². The molecule has 19 heavy (non-hydrogen) atoms. The van der Waals surface area contributed by atoms with Crippen LogP contribution in [0.4, 0.5) is 0 Å². The third kappa shape index (κ3) is 2.85. The highest BCUT2D eigenvalue weighted by molar-refractivity contribution is 5.33. The summed E-state index contributed by atoms with van der Waals surface area (Å²) in [6.07, 6.45) is 7.03. The molecule has 0 aliphatic carbocycles. The number of hydrogen-bond acceptors (Lipinski definition) is 3. The van der Waals surface area contributed by atoms with Gasteiger partial charge in [0.25, 0.3) is 0 Å². The number of pyridine rings is 1. The molecule has 0 aliphatic heterocycles. The van der Waals surface area contributed by atoms with Crippen molar-refractivity contribution in [2.75, 3.05) is 0 Å². The van der Waals surface area contributed by atoms with E-state index in [1.807, 2.05) is 18.3 Å². The standard InChI is InChI=1S/C15H14N4/c1-2-10-17-14(3-1)7-4-13-5-8-15(9-6-13)19-12-16-11-18-19/h1-3,5-6,8-12H,4,7H2. The first-order valence-electron chi connectivity index (χ1n) is 6.26. The largest absolute Gasteiger partial charge is 0.261 e. The van der Waals surface area contributed by atoms with E-state index in [0.717, 1.165) is 24.2 Å². The molecule has 4 nitrogen and oxygen atoms in total. The van der Waals surface area contributed by atoms with E-state index in [9.17, 15) is 0 Å². The molecule has 4 heteroatoms. The molecule has 0 N–H and O–H groups in total. The van der Waals surface area contributed by atoms with Crippen molar-refractivity contribution in [3.63, 3.8) is 0 Å². The zero-order valence-electron chi connectivity index (χ0n) is 10.5. The molecule has 0 aliphatic rings. The molecule has 0 amide bonds. The van der Waals surface area contributed by atoms with Gasteiger partial charge in [-0.05, 0) is 42.7 Å². The van der Waals surface area contributed by atoms with Gasteiger partial charge >= 0.3 is 0 Å². The average molecular weight is 250 g/mol. The van der Waals surface area contributed by atoms with Crippen molar-refractivity contribution < 1.29 is 0 Å².